The summed E-state index contributed by atoms with van der Waals surface area (Å²) in [6, 6.07) is 13.9. The predicted molar refractivity (Wildman–Crippen MR) is 93.3 cm³/mol. The van der Waals surface area contributed by atoms with Gasteiger partial charge in [0.25, 0.3) is 11.8 Å². The maximum absolute atomic E-state index is 12.1. The van der Waals surface area contributed by atoms with E-state index in [0.29, 0.717) is 17.7 Å². The van der Waals surface area contributed by atoms with Gasteiger partial charge in [-0.2, -0.15) is 0 Å². The van der Waals surface area contributed by atoms with Crippen molar-refractivity contribution < 1.29 is 14.4 Å². The molecule has 0 aliphatic rings. The summed E-state index contributed by atoms with van der Waals surface area (Å²) in [4.78, 5) is 34.5. The number of carbonyl (C=O) groups excluding carboxylic acids is 3. The summed E-state index contributed by atoms with van der Waals surface area (Å²) in [5, 5.41) is 5.22. The second-order valence-corrected chi connectivity index (χ2v) is 5.86. The van der Waals surface area contributed by atoms with E-state index in [9.17, 15) is 14.4 Å². The lowest BCUT2D eigenvalue weighted by atomic mass is 10.1. The summed E-state index contributed by atoms with van der Waals surface area (Å²) < 4.78 is 0.726. The number of carbonyl (C=O) groups is 3. The van der Waals surface area contributed by atoms with E-state index in [0.717, 1.165) is 10.0 Å². The van der Waals surface area contributed by atoms with Crippen LogP contribution in [0.2, 0.25) is 0 Å². The Hall–Kier alpha value is -2.67. The summed E-state index contributed by atoms with van der Waals surface area (Å²) in [5.41, 5.74) is 6.79. The molecule has 24 heavy (non-hydrogen) atoms. The Balaban J connectivity index is 1.92. The van der Waals surface area contributed by atoms with Crippen molar-refractivity contribution in [2.24, 2.45) is 5.73 Å². The minimum absolute atomic E-state index is 0.189. The lowest BCUT2D eigenvalue weighted by Crippen LogP contribution is -2.33. The fourth-order valence-electron chi connectivity index (χ4n) is 1.97. The predicted octanol–water partition coefficient (Wildman–Crippen LogP) is 1.59. The molecule has 0 spiro atoms. The van der Waals surface area contributed by atoms with Crippen LogP contribution in [-0.4, -0.2) is 24.3 Å². The fourth-order valence-corrected chi connectivity index (χ4v) is 2.43. The van der Waals surface area contributed by atoms with E-state index in [1.165, 1.54) is 0 Å². The Morgan fingerprint density at radius 1 is 0.917 bits per heavy atom. The summed E-state index contributed by atoms with van der Waals surface area (Å²) in [6.07, 6.45) is 0. The Bertz CT molecular complexity index is 760. The molecule has 0 unspecified atom stereocenters. The molecule has 2 aromatic carbocycles. The van der Waals surface area contributed by atoms with Crippen LogP contribution in [0.4, 0.5) is 0 Å². The zero-order chi connectivity index (χ0) is 17.5. The third-order valence-electron chi connectivity index (χ3n) is 3.21. The molecule has 2 aromatic rings. The number of nitrogens with two attached hydrogens (primary N) is 1. The lowest BCUT2D eigenvalue weighted by molar-refractivity contribution is -0.117. The SMILES string of the molecule is NC(=O)CNC(=O)c1ccc(CNC(=O)c2ccccc2Br)cc1. The Morgan fingerprint density at radius 2 is 1.58 bits per heavy atom. The van der Waals surface area contributed by atoms with Crippen LogP contribution in [0.25, 0.3) is 0 Å². The highest BCUT2D eigenvalue weighted by Gasteiger charge is 2.09. The van der Waals surface area contributed by atoms with Gasteiger partial charge in [0.05, 0.1) is 12.1 Å². The van der Waals surface area contributed by atoms with Crippen LogP contribution in [0.15, 0.2) is 53.0 Å². The van der Waals surface area contributed by atoms with Gasteiger partial charge in [0.2, 0.25) is 5.91 Å². The van der Waals surface area contributed by atoms with Crippen molar-refractivity contribution >= 4 is 33.7 Å². The molecule has 7 heteroatoms. The smallest absolute Gasteiger partial charge is 0.252 e. The molecule has 6 nitrogen and oxygen atoms in total. The van der Waals surface area contributed by atoms with Crippen LogP contribution in [0.1, 0.15) is 26.3 Å². The van der Waals surface area contributed by atoms with Crippen LogP contribution < -0.4 is 16.4 Å². The van der Waals surface area contributed by atoms with E-state index >= 15 is 0 Å². The molecule has 0 aliphatic heterocycles. The molecule has 3 amide bonds. The van der Waals surface area contributed by atoms with E-state index in [2.05, 4.69) is 26.6 Å². The number of hydrogen-bond acceptors (Lipinski definition) is 3. The van der Waals surface area contributed by atoms with Gasteiger partial charge >= 0.3 is 0 Å². The minimum Gasteiger partial charge on any atom is -0.368 e. The van der Waals surface area contributed by atoms with Crippen molar-refractivity contribution in [3.8, 4) is 0 Å². The Labute approximate surface area is 147 Å². The molecule has 0 fully saturated rings. The molecular weight excluding hydrogens is 374 g/mol. The van der Waals surface area contributed by atoms with Crippen LogP contribution in [0, 0.1) is 0 Å². The first-order valence-corrected chi connectivity index (χ1v) is 7.95. The topological polar surface area (TPSA) is 101 Å². The molecule has 0 saturated carbocycles. The summed E-state index contributed by atoms with van der Waals surface area (Å²) in [5.74, 6) is -1.17. The van der Waals surface area contributed by atoms with Gasteiger partial charge in [-0.25, -0.2) is 0 Å². The maximum Gasteiger partial charge on any atom is 0.252 e. The maximum atomic E-state index is 12.1. The number of rotatable bonds is 6. The standard InChI is InChI=1S/C17H16BrN3O3/c18-14-4-2-1-3-13(14)17(24)20-9-11-5-7-12(8-6-11)16(23)21-10-15(19)22/h1-8H,9-10H2,(H2,19,22)(H,20,24)(H,21,23). The molecule has 0 aromatic heterocycles. The molecule has 0 saturated heterocycles. The minimum atomic E-state index is -0.602. The third-order valence-corrected chi connectivity index (χ3v) is 3.90. The van der Waals surface area contributed by atoms with Crippen LogP contribution in [-0.2, 0) is 11.3 Å². The second kappa shape index (κ2) is 8.26. The van der Waals surface area contributed by atoms with Crippen molar-refractivity contribution in [2.75, 3.05) is 6.54 Å². The van der Waals surface area contributed by atoms with Gasteiger partial charge in [-0.1, -0.05) is 24.3 Å². The molecule has 0 heterocycles. The monoisotopic (exact) mass is 389 g/mol. The van der Waals surface area contributed by atoms with Gasteiger partial charge in [-0.15, -0.1) is 0 Å². The highest BCUT2D eigenvalue weighted by atomic mass is 79.9. The molecule has 0 bridgehead atoms. The van der Waals surface area contributed by atoms with Gasteiger partial charge in [0, 0.05) is 16.6 Å². The molecule has 4 N–H and O–H groups in total. The van der Waals surface area contributed by atoms with Crippen molar-refractivity contribution in [1.82, 2.24) is 10.6 Å². The third kappa shape index (κ3) is 4.92. The van der Waals surface area contributed by atoms with E-state index in [1.807, 2.05) is 6.07 Å². The highest BCUT2D eigenvalue weighted by Crippen LogP contribution is 2.15. The largest absolute Gasteiger partial charge is 0.368 e. The van der Waals surface area contributed by atoms with Crippen molar-refractivity contribution in [1.29, 1.82) is 0 Å². The van der Waals surface area contributed by atoms with Gasteiger partial charge in [-0.3, -0.25) is 14.4 Å². The first kappa shape index (κ1) is 17.7. The Morgan fingerprint density at radius 3 is 2.21 bits per heavy atom. The second-order valence-electron chi connectivity index (χ2n) is 5.01. The molecule has 0 aliphatic carbocycles. The number of nitrogens with one attached hydrogen (secondary N) is 2. The van der Waals surface area contributed by atoms with Crippen molar-refractivity contribution in [3.63, 3.8) is 0 Å². The fraction of sp³-hybridized carbons (Fsp3) is 0.118. The molecule has 0 atom stereocenters. The van der Waals surface area contributed by atoms with Crippen LogP contribution in [0.5, 0.6) is 0 Å². The molecule has 2 rings (SSSR count). The number of primary amides is 1. The van der Waals surface area contributed by atoms with Crippen LogP contribution >= 0.6 is 15.9 Å². The number of amides is 3. The lowest BCUT2D eigenvalue weighted by Gasteiger charge is -2.08. The zero-order valence-corrected chi connectivity index (χ0v) is 14.3. The van der Waals surface area contributed by atoms with Crippen molar-refractivity contribution in [3.05, 3.63) is 69.7 Å². The Kier molecular flexibility index (Phi) is 6.08. The highest BCUT2D eigenvalue weighted by molar-refractivity contribution is 9.10. The number of hydrogen-bond donors (Lipinski definition) is 3. The van der Waals surface area contributed by atoms with E-state index in [1.54, 1.807) is 42.5 Å². The molecule has 0 radical (unpaired) electrons. The van der Waals surface area contributed by atoms with E-state index < -0.39 is 5.91 Å². The molecule has 124 valence electrons. The van der Waals surface area contributed by atoms with Gasteiger partial charge in [0.1, 0.15) is 0 Å². The quantitative estimate of drug-likeness (QED) is 0.698. The van der Waals surface area contributed by atoms with E-state index in [-0.39, 0.29) is 18.4 Å². The van der Waals surface area contributed by atoms with Crippen molar-refractivity contribution in [2.45, 2.75) is 6.54 Å². The van der Waals surface area contributed by atoms with Gasteiger partial charge < -0.3 is 16.4 Å². The van der Waals surface area contributed by atoms with Crippen LogP contribution in [0.3, 0.4) is 0 Å². The summed E-state index contributed by atoms with van der Waals surface area (Å²) in [7, 11) is 0. The number of benzene rings is 2. The molecular formula is C17H16BrN3O3. The number of halogens is 1. The normalized spacial score (nSPS) is 10.0. The first-order valence-electron chi connectivity index (χ1n) is 7.15. The van der Waals surface area contributed by atoms with E-state index in [4.69, 9.17) is 5.73 Å². The van der Waals surface area contributed by atoms with Gasteiger partial charge in [-0.05, 0) is 45.8 Å². The summed E-state index contributed by atoms with van der Waals surface area (Å²) >= 11 is 3.34. The average molecular weight is 390 g/mol. The zero-order valence-electron chi connectivity index (χ0n) is 12.7. The summed E-state index contributed by atoms with van der Waals surface area (Å²) in [6.45, 7) is 0.131. The average Bonchev–Trinajstić information content (AvgIpc) is 2.58. The first-order chi connectivity index (χ1) is 11.5. The van der Waals surface area contributed by atoms with Gasteiger partial charge in [0.15, 0.2) is 0 Å².